The summed E-state index contributed by atoms with van der Waals surface area (Å²) in [4.78, 5) is 28.6. The summed E-state index contributed by atoms with van der Waals surface area (Å²) in [7, 11) is 0. The van der Waals surface area contributed by atoms with Gasteiger partial charge >= 0.3 is 0 Å². The third kappa shape index (κ3) is 3.94. The molecule has 1 aliphatic rings. The van der Waals surface area contributed by atoms with Gasteiger partial charge in [0.05, 0.1) is 11.3 Å². The average molecular weight is 445 g/mol. The van der Waals surface area contributed by atoms with Gasteiger partial charge in [0.1, 0.15) is 5.70 Å². The van der Waals surface area contributed by atoms with E-state index in [-0.39, 0.29) is 17.5 Å². The number of rotatable bonds is 4. The van der Waals surface area contributed by atoms with Crippen LogP contribution in [0.25, 0.3) is 5.57 Å². The van der Waals surface area contributed by atoms with Crippen molar-refractivity contribution in [1.82, 2.24) is 0 Å². The minimum atomic E-state index is -0.371. The Kier molecular flexibility index (Phi) is 5.66. The molecule has 3 aromatic rings. The summed E-state index contributed by atoms with van der Waals surface area (Å²) in [5, 5.41) is 3.86. The van der Waals surface area contributed by atoms with Gasteiger partial charge < -0.3 is 5.32 Å². The molecule has 1 N–H and O–H groups in total. The number of carbonyl (C=O) groups is 2. The van der Waals surface area contributed by atoms with E-state index in [1.165, 1.54) is 4.90 Å². The lowest BCUT2D eigenvalue weighted by molar-refractivity contribution is -0.120. The Bertz CT molecular complexity index is 1290. The van der Waals surface area contributed by atoms with Crippen LogP contribution < -0.4 is 10.2 Å². The summed E-state index contributed by atoms with van der Waals surface area (Å²) < 4.78 is 0. The molecule has 4 rings (SSSR count). The van der Waals surface area contributed by atoms with Crippen LogP contribution in [0.5, 0.6) is 0 Å². The van der Waals surface area contributed by atoms with E-state index in [4.69, 9.17) is 11.6 Å². The number of anilines is 2. The van der Waals surface area contributed by atoms with Crippen LogP contribution in [0.15, 0.2) is 60.3 Å². The highest BCUT2D eigenvalue weighted by Gasteiger charge is 2.41. The van der Waals surface area contributed by atoms with Crippen LogP contribution in [0.4, 0.5) is 11.4 Å². The molecule has 2 amide bonds. The monoisotopic (exact) mass is 444 g/mol. The third-order valence-corrected chi connectivity index (χ3v) is 5.88. The zero-order valence-corrected chi connectivity index (χ0v) is 19.6. The number of benzene rings is 3. The van der Waals surface area contributed by atoms with Gasteiger partial charge in [-0.1, -0.05) is 41.4 Å². The highest BCUT2D eigenvalue weighted by Crippen LogP contribution is 2.36. The van der Waals surface area contributed by atoms with Crippen molar-refractivity contribution in [3.63, 3.8) is 0 Å². The summed E-state index contributed by atoms with van der Waals surface area (Å²) in [5.74, 6) is -0.703. The maximum atomic E-state index is 13.7. The average Bonchev–Trinajstić information content (AvgIpc) is 2.93. The first kappa shape index (κ1) is 21.8. The van der Waals surface area contributed by atoms with Gasteiger partial charge in [0, 0.05) is 10.7 Å². The van der Waals surface area contributed by atoms with E-state index in [0.717, 1.165) is 39.1 Å². The molecule has 162 valence electrons. The maximum absolute atomic E-state index is 13.7. The molecule has 32 heavy (non-hydrogen) atoms. The number of aryl methyl sites for hydroxylation is 5. The second-order valence-corrected chi connectivity index (χ2v) is 8.88. The molecule has 1 heterocycles. The number of amides is 2. The molecular formula is C27H25ClN2O2. The van der Waals surface area contributed by atoms with Crippen molar-refractivity contribution >= 4 is 40.4 Å². The molecule has 1 aliphatic heterocycles. The van der Waals surface area contributed by atoms with Gasteiger partial charge in [-0.3, -0.25) is 9.59 Å². The SMILES string of the molecule is Cc1cc(C)cc(N2C(=O)C(Nc3ccc(Cl)cc3C)=C(c3ccc(C)cc3C)C2=O)c1. The Morgan fingerprint density at radius 3 is 2.03 bits per heavy atom. The van der Waals surface area contributed by atoms with Crippen molar-refractivity contribution < 1.29 is 9.59 Å². The van der Waals surface area contributed by atoms with Crippen molar-refractivity contribution in [2.75, 3.05) is 10.2 Å². The van der Waals surface area contributed by atoms with Crippen LogP contribution in [-0.2, 0) is 9.59 Å². The third-order valence-electron chi connectivity index (χ3n) is 5.65. The van der Waals surface area contributed by atoms with Crippen molar-refractivity contribution in [2.45, 2.75) is 34.6 Å². The Morgan fingerprint density at radius 2 is 1.41 bits per heavy atom. The van der Waals surface area contributed by atoms with E-state index >= 15 is 0 Å². The molecule has 5 heteroatoms. The zero-order chi connectivity index (χ0) is 23.2. The summed E-state index contributed by atoms with van der Waals surface area (Å²) in [6, 6.07) is 17.0. The van der Waals surface area contributed by atoms with Crippen LogP contribution in [-0.4, -0.2) is 11.8 Å². The number of hydrogen-bond donors (Lipinski definition) is 1. The highest BCUT2D eigenvalue weighted by atomic mass is 35.5. The second-order valence-electron chi connectivity index (χ2n) is 8.44. The second kappa shape index (κ2) is 8.29. The fourth-order valence-corrected chi connectivity index (χ4v) is 4.43. The van der Waals surface area contributed by atoms with E-state index in [1.807, 2.05) is 83.1 Å². The van der Waals surface area contributed by atoms with Gasteiger partial charge in [0.15, 0.2) is 0 Å². The minimum Gasteiger partial charge on any atom is -0.350 e. The lowest BCUT2D eigenvalue weighted by Crippen LogP contribution is -2.32. The van der Waals surface area contributed by atoms with Gasteiger partial charge in [0.25, 0.3) is 11.8 Å². The predicted octanol–water partition coefficient (Wildman–Crippen LogP) is 6.28. The van der Waals surface area contributed by atoms with E-state index in [0.29, 0.717) is 16.3 Å². The number of imide groups is 1. The summed E-state index contributed by atoms with van der Waals surface area (Å²) >= 11 is 6.11. The maximum Gasteiger partial charge on any atom is 0.282 e. The van der Waals surface area contributed by atoms with Crippen LogP contribution in [0.2, 0.25) is 5.02 Å². The normalized spacial score (nSPS) is 13.9. The Hall–Kier alpha value is -3.37. The fourth-order valence-electron chi connectivity index (χ4n) is 4.21. The molecule has 0 saturated heterocycles. The molecule has 0 aromatic heterocycles. The molecule has 4 nitrogen and oxygen atoms in total. The summed E-state index contributed by atoms with van der Waals surface area (Å²) in [5.41, 5.74) is 7.60. The number of nitrogens with zero attached hydrogens (tertiary/aromatic N) is 1. The molecule has 0 bridgehead atoms. The highest BCUT2D eigenvalue weighted by molar-refractivity contribution is 6.46. The first-order valence-corrected chi connectivity index (χ1v) is 10.9. The Morgan fingerprint density at radius 1 is 0.719 bits per heavy atom. The predicted molar refractivity (Wildman–Crippen MR) is 131 cm³/mol. The molecule has 0 radical (unpaired) electrons. The largest absolute Gasteiger partial charge is 0.350 e. The van der Waals surface area contributed by atoms with Gasteiger partial charge in [-0.25, -0.2) is 4.90 Å². The minimum absolute atomic E-state index is 0.270. The Labute approximate surface area is 193 Å². The number of nitrogens with one attached hydrogen (secondary N) is 1. The van der Waals surface area contributed by atoms with Crippen molar-refractivity contribution in [3.05, 3.63) is 98.7 Å². The van der Waals surface area contributed by atoms with E-state index in [1.54, 1.807) is 6.07 Å². The molecule has 0 fully saturated rings. The van der Waals surface area contributed by atoms with Crippen LogP contribution >= 0.6 is 11.6 Å². The lowest BCUT2D eigenvalue weighted by Gasteiger charge is -2.17. The molecular weight excluding hydrogens is 420 g/mol. The van der Waals surface area contributed by atoms with Crippen LogP contribution in [0, 0.1) is 34.6 Å². The smallest absolute Gasteiger partial charge is 0.282 e. The molecule has 0 unspecified atom stereocenters. The molecule has 3 aromatic carbocycles. The van der Waals surface area contributed by atoms with Crippen molar-refractivity contribution in [3.8, 4) is 0 Å². The van der Waals surface area contributed by atoms with Gasteiger partial charge in [0.2, 0.25) is 0 Å². The van der Waals surface area contributed by atoms with Crippen LogP contribution in [0.3, 0.4) is 0 Å². The van der Waals surface area contributed by atoms with Crippen molar-refractivity contribution in [2.24, 2.45) is 0 Å². The number of halogens is 1. The molecule has 0 spiro atoms. The summed E-state index contributed by atoms with van der Waals surface area (Å²) in [6.07, 6.45) is 0. The quantitative estimate of drug-likeness (QED) is 0.482. The van der Waals surface area contributed by atoms with Crippen molar-refractivity contribution in [1.29, 1.82) is 0 Å². The lowest BCUT2D eigenvalue weighted by atomic mass is 9.97. The molecule has 0 aliphatic carbocycles. The standard InChI is InChI=1S/C27H25ClN2O2/c1-15-6-8-22(18(4)11-15)24-25(29-23-9-7-20(28)14-19(23)5)27(32)30(26(24)31)21-12-16(2)10-17(3)13-21/h6-14,29H,1-5H3. The van der Waals surface area contributed by atoms with Crippen LogP contribution in [0.1, 0.15) is 33.4 Å². The fraction of sp³-hybridized carbons (Fsp3) is 0.185. The van der Waals surface area contributed by atoms with E-state index in [9.17, 15) is 9.59 Å². The van der Waals surface area contributed by atoms with E-state index < -0.39 is 0 Å². The van der Waals surface area contributed by atoms with Gasteiger partial charge in [-0.05, 0) is 92.8 Å². The topological polar surface area (TPSA) is 49.4 Å². The van der Waals surface area contributed by atoms with Gasteiger partial charge in [-0.2, -0.15) is 0 Å². The number of hydrogen-bond acceptors (Lipinski definition) is 3. The van der Waals surface area contributed by atoms with Gasteiger partial charge in [-0.15, -0.1) is 0 Å². The first-order chi connectivity index (χ1) is 15.2. The first-order valence-electron chi connectivity index (χ1n) is 10.5. The zero-order valence-electron chi connectivity index (χ0n) is 18.8. The number of carbonyl (C=O) groups excluding carboxylic acids is 2. The summed E-state index contributed by atoms with van der Waals surface area (Å²) in [6.45, 7) is 9.78. The molecule has 0 saturated carbocycles. The molecule has 0 atom stereocenters. The van der Waals surface area contributed by atoms with E-state index in [2.05, 4.69) is 5.32 Å². The Balaban J connectivity index is 1.89.